The van der Waals surface area contributed by atoms with E-state index in [0.717, 1.165) is 22.4 Å². The fraction of sp³-hybridized carbons (Fsp3) is 0.320. The van der Waals surface area contributed by atoms with Crippen molar-refractivity contribution in [3.63, 3.8) is 0 Å². The highest BCUT2D eigenvalue weighted by molar-refractivity contribution is 5.72. The third-order valence-corrected chi connectivity index (χ3v) is 4.42. The number of benzene rings is 2. The van der Waals surface area contributed by atoms with E-state index >= 15 is 0 Å². The van der Waals surface area contributed by atoms with Gasteiger partial charge >= 0.3 is 0 Å². The van der Waals surface area contributed by atoms with Crippen LogP contribution in [0.3, 0.4) is 0 Å². The van der Waals surface area contributed by atoms with E-state index < -0.39 is 18.6 Å². The maximum Gasteiger partial charge on any atom is 0.213 e. The zero-order valence-electron chi connectivity index (χ0n) is 21.2. The third-order valence-electron chi connectivity index (χ3n) is 4.42. The Balaban J connectivity index is 2.22. The first kappa shape index (κ1) is 12.9. The molecule has 0 amide bonds. The van der Waals surface area contributed by atoms with Crippen LogP contribution in [-0.2, 0) is 13.4 Å². The van der Waals surface area contributed by atoms with Gasteiger partial charge in [0.25, 0.3) is 0 Å². The maximum atomic E-state index is 8.57. The van der Waals surface area contributed by atoms with E-state index in [1.165, 1.54) is 6.07 Å². The molecule has 3 rings (SSSR count). The second-order valence-corrected chi connectivity index (χ2v) is 7.86. The van der Waals surface area contributed by atoms with Gasteiger partial charge in [-0.05, 0) is 59.4 Å². The van der Waals surface area contributed by atoms with Crippen molar-refractivity contribution in [2.75, 3.05) is 0 Å². The Labute approximate surface area is 165 Å². The number of hydrogen-bond acceptors (Lipinski definition) is 0. The average Bonchev–Trinajstić information content (AvgIpc) is 2.67. The van der Waals surface area contributed by atoms with E-state index in [0.29, 0.717) is 11.1 Å². The molecule has 1 nitrogen and oxygen atoms in total. The predicted molar refractivity (Wildman–Crippen MR) is 111 cm³/mol. The van der Waals surface area contributed by atoms with Crippen LogP contribution < -0.4 is 4.57 Å². The van der Waals surface area contributed by atoms with Crippen LogP contribution in [0.15, 0.2) is 60.8 Å². The molecule has 0 N–H and O–H groups in total. The molecule has 0 bridgehead atoms. The summed E-state index contributed by atoms with van der Waals surface area (Å²) in [7, 11) is 1.97. The van der Waals surface area contributed by atoms with Gasteiger partial charge in [0.1, 0.15) is 7.05 Å². The maximum absolute atomic E-state index is 8.57. The third kappa shape index (κ3) is 4.04. The number of aromatic nitrogens is 1. The van der Waals surface area contributed by atoms with Gasteiger partial charge in [0.05, 0.1) is 0 Å². The van der Waals surface area contributed by atoms with Crippen molar-refractivity contribution >= 4 is 0 Å². The summed E-state index contributed by atoms with van der Waals surface area (Å²) in [5, 5.41) is 0. The SMILES string of the molecule is [2H]C([2H])([2H])c1cc(C([2H])([2H])C(C)(C)C)ccc1-c1cc[n+](C)c(-c2ccccc2C)c1. The standard InChI is InChI=1S/C25H30N/c1-18-9-7-8-10-23(18)24-16-21(13-14-26(24)6)22-12-11-20(15-19(22)2)17-25(3,4)5/h7-16H,17H2,1-6H3/q+1/i2D3,17D2. The second kappa shape index (κ2) is 7.07. The second-order valence-electron chi connectivity index (χ2n) is 7.86. The van der Waals surface area contributed by atoms with Crippen LogP contribution in [0.5, 0.6) is 0 Å². The summed E-state index contributed by atoms with van der Waals surface area (Å²) < 4.78 is 43.5. The lowest BCUT2D eigenvalue weighted by Crippen LogP contribution is -2.30. The Morgan fingerprint density at radius 2 is 1.73 bits per heavy atom. The van der Waals surface area contributed by atoms with Crippen LogP contribution in [0.4, 0.5) is 0 Å². The van der Waals surface area contributed by atoms with E-state index in [9.17, 15) is 0 Å². The molecule has 0 radical (unpaired) electrons. The molecule has 0 atom stereocenters. The van der Waals surface area contributed by atoms with Crippen LogP contribution in [0.25, 0.3) is 22.4 Å². The topological polar surface area (TPSA) is 3.88 Å². The van der Waals surface area contributed by atoms with Crippen molar-refractivity contribution < 1.29 is 11.4 Å². The Kier molecular flexibility index (Phi) is 3.50. The summed E-state index contributed by atoms with van der Waals surface area (Å²) in [6, 6.07) is 17.0. The highest BCUT2D eigenvalue weighted by Gasteiger charge is 2.16. The zero-order valence-corrected chi connectivity index (χ0v) is 16.2. The van der Waals surface area contributed by atoms with Crippen molar-refractivity contribution in [2.45, 2.75) is 40.9 Å². The first-order chi connectivity index (χ1) is 14.2. The van der Waals surface area contributed by atoms with Gasteiger partial charge in [-0.1, -0.05) is 57.2 Å². The van der Waals surface area contributed by atoms with Crippen molar-refractivity contribution in [1.29, 1.82) is 0 Å². The molecule has 0 aliphatic rings. The lowest BCUT2D eigenvalue weighted by molar-refractivity contribution is -0.660. The van der Waals surface area contributed by atoms with Crippen molar-refractivity contribution in [1.82, 2.24) is 0 Å². The van der Waals surface area contributed by atoms with Gasteiger partial charge in [0.15, 0.2) is 6.20 Å². The minimum atomic E-state index is -2.36. The molecule has 0 saturated heterocycles. The van der Waals surface area contributed by atoms with Crippen LogP contribution >= 0.6 is 0 Å². The quantitative estimate of drug-likeness (QED) is 0.507. The molecule has 1 heteroatoms. The molecule has 26 heavy (non-hydrogen) atoms. The first-order valence-corrected chi connectivity index (χ1v) is 8.94. The molecule has 0 aliphatic heterocycles. The molecule has 0 aliphatic carbocycles. The predicted octanol–water partition coefficient (Wildman–Crippen LogP) is 6.05. The molecule has 0 unspecified atom stereocenters. The van der Waals surface area contributed by atoms with Crippen LogP contribution in [0, 0.1) is 19.2 Å². The van der Waals surface area contributed by atoms with Gasteiger partial charge in [-0.15, -0.1) is 0 Å². The molecular formula is C25H30N+. The average molecular weight is 350 g/mol. The summed E-state index contributed by atoms with van der Waals surface area (Å²) in [4.78, 5) is 0. The fourth-order valence-electron chi connectivity index (χ4n) is 3.17. The Morgan fingerprint density at radius 3 is 2.42 bits per heavy atom. The van der Waals surface area contributed by atoms with Crippen LogP contribution in [0.2, 0.25) is 0 Å². The Hall–Kier alpha value is -2.41. The molecule has 3 aromatic rings. The summed E-state index contributed by atoms with van der Waals surface area (Å²) in [6.45, 7) is 5.16. The summed E-state index contributed by atoms with van der Waals surface area (Å²) in [5.41, 5.74) is 4.50. The number of pyridine rings is 1. The molecule has 0 spiro atoms. The Bertz CT molecular complexity index is 1110. The monoisotopic (exact) mass is 349 g/mol. The van der Waals surface area contributed by atoms with Gasteiger partial charge < -0.3 is 0 Å². The smallest absolute Gasteiger partial charge is 0.201 e. The highest BCUT2D eigenvalue weighted by atomic mass is 14.9. The summed E-state index contributed by atoms with van der Waals surface area (Å²) in [6.07, 6.45) is 0.268. The number of aryl methyl sites for hydroxylation is 3. The van der Waals surface area contributed by atoms with Crippen molar-refractivity contribution in [2.24, 2.45) is 12.5 Å². The van der Waals surface area contributed by atoms with Crippen LogP contribution in [-0.4, -0.2) is 0 Å². The van der Waals surface area contributed by atoms with E-state index in [4.69, 9.17) is 6.85 Å². The molecule has 0 saturated carbocycles. The first-order valence-electron chi connectivity index (χ1n) is 11.4. The van der Waals surface area contributed by atoms with Gasteiger partial charge in [-0.2, -0.15) is 0 Å². The highest BCUT2D eigenvalue weighted by Crippen LogP contribution is 2.29. The normalized spacial score (nSPS) is 15.5. The minimum Gasteiger partial charge on any atom is -0.201 e. The van der Waals surface area contributed by atoms with Crippen LogP contribution in [0.1, 0.15) is 44.3 Å². The lowest BCUT2D eigenvalue weighted by Gasteiger charge is -2.19. The van der Waals surface area contributed by atoms with E-state index in [1.54, 1.807) is 12.1 Å². The van der Waals surface area contributed by atoms with Gasteiger partial charge in [0.2, 0.25) is 5.69 Å². The van der Waals surface area contributed by atoms with Crippen molar-refractivity contribution in [3.8, 4) is 22.4 Å². The Morgan fingerprint density at radius 1 is 0.962 bits per heavy atom. The number of nitrogens with zero attached hydrogens (tertiary/aromatic N) is 1. The lowest BCUT2D eigenvalue weighted by atomic mass is 9.86. The van der Waals surface area contributed by atoms with Gasteiger partial charge in [0, 0.05) is 24.5 Å². The van der Waals surface area contributed by atoms with E-state index in [1.807, 2.05) is 62.8 Å². The van der Waals surface area contributed by atoms with E-state index in [2.05, 4.69) is 19.1 Å². The fourth-order valence-corrected chi connectivity index (χ4v) is 3.17. The number of rotatable bonds is 3. The molecule has 1 aromatic heterocycles. The van der Waals surface area contributed by atoms with Gasteiger partial charge in [-0.25, -0.2) is 4.57 Å². The molecular weight excluding hydrogens is 314 g/mol. The molecule has 0 fully saturated rings. The summed E-state index contributed by atoms with van der Waals surface area (Å²) in [5.74, 6) is 0. The van der Waals surface area contributed by atoms with Crippen molar-refractivity contribution in [3.05, 3.63) is 77.5 Å². The minimum absolute atomic E-state index is 0.169. The largest absolute Gasteiger partial charge is 0.213 e. The van der Waals surface area contributed by atoms with E-state index in [-0.39, 0.29) is 5.56 Å². The zero-order chi connectivity index (χ0) is 23.2. The molecule has 2 aromatic carbocycles. The van der Waals surface area contributed by atoms with Gasteiger partial charge in [-0.3, -0.25) is 0 Å². The molecule has 1 heterocycles. The molecule has 134 valence electrons. The summed E-state index contributed by atoms with van der Waals surface area (Å²) >= 11 is 0. The number of hydrogen-bond donors (Lipinski definition) is 0.